The highest BCUT2D eigenvalue weighted by Gasteiger charge is 2.64. The zero-order chi connectivity index (χ0) is 19.6. The van der Waals surface area contributed by atoms with Crippen LogP contribution < -0.4 is 0 Å². The van der Waals surface area contributed by atoms with Crippen LogP contribution in [0.3, 0.4) is 0 Å². The number of rotatable bonds is 2. The Kier molecular flexibility index (Phi) is 4.55. The number of ketones is 2. The molecule has 27 heavy (non-hydrogen) atoms. The van der Waals surface area contributed by atoms with Gasteiger partial charge >= 0.3 is 5.97 Å². The zero-order valence-corrected chi connectivity index (χ0v) is 17.3. The van der Waals surface area contributed by atoms with Crippen LogP contribution >= 0.6 is 0 Å². The highest BCUT2D eigenvalue weighted by Crippen LogP contribution is 2.67. The molecule has 0 spiro atoms. The molecule has 0 heterocycles. The monoisotopic (exact) mass is 374 g/mol. The van der Waals surface area contributed by atoms with Crippen LogP contribution in [0.2, 0.25) is 0 Å². The molecule has 4 fully saturated rings. The minimum atomic E-state index is -0.212. The van der Waals surface area contributed by atoms with Gasteiger partial charge in [-0.25, -0.2) is 0 Å². The molecule has 4 aliphatic rings. The normalized spacial score (nSPS) is 49.0. The number of hydrogen-bond acceptors (Lipinski definition) is 4. The number of ether oxygens (including phenoxy) is 1. The fourth-order valence-corrected chi connectivity index (χ4v) is 8.12. The van der Waals surface area contributed by atoms with Gasteiger partial charge < -0.3 is 4.74 Å². The van der Waals surface area contributed by atoms with Gasteiger partial charge in [0.1, 0.15) is 17.7 Å². The van der Waals surface area contributed by atoms with E-state index in [4.69, 9.17) is 4.74 Å². The summed E-state index contributed by atoms with van der Waals surface area (Å²) in [6.45, 7) is 7.88. The summed E-state index contributed by atoms with van der Waals surface area (Å²) in [5.41, 5.74) is 0.0212. The average molecular weight is 375 g/mol. The molecule has 4 saturated carbocycles. The maximum absolute atomic E-state index is 12.4. The van der Waals surface area contributed by atoms with Crippen LogP contribution in [0.4, 0.5) is 0 Å². The van der Waals surface area contributed by atoms with Crippen molar-refractivity contribution in [2.45, 2.75) is 85.2 Å². The fraction of sp³-hybridized carbons (Fsp3) is 0.870. The Morgan fingerprint density at radius 1 is 1.04 bits per heavy atom. The number of hydrogen-bond donors (Lipinski definition) is 0. The lowest BCUT2D eigenvalue weighted by Crippen LogP contribution is -2.60. The summed E-state index contributed by atoms with van der Waals surface area (Å²) < 4.78 is 5.97. The van der Waals surface area contributed by atoms with Crippen LogP contribution in [0.25, 0.3) is 0 Å². The number of esters is 1. The molecule has 150 valence electrons. The Labute approximate surface area is 162 Å². The maximum Gasteiger partial charge on any atom is 0.302 e. The van der Waals surface area contributed by atoms with E-state index in [9.17, 15) is 14.4 Å². The Morgan fingerprint density at radius 3 is 2.44 bits per heavy atom. The lowest BCUT2D eigenvalue weighted by Gasteiger charge is -2.62. The average Bonchev–Trinajstić information content (AvgIpc) is 2.91. The molecule has 0 amide bonds. The Balaban J connectivity index is 1.73. The Hall–Kier alpha value is -1.19. The van der Waals surface area contributed by atoms with Crippen molar-refractivity contribution in [2.24, 2.45) is 40.4 Å². The summed E-state index contributed by atoms with van der Waals surface area (Å²) in [6, 6.07) is 0. The van der Waals surface area contributed by atoms with Gasteiger partial charge in [0.25, 0.3) is 0 Å². The van der Waals surface area contributed by atoms with Crippen LogP contribution in [-0.4, -0.2) is 23.6 Å². The lowest BCUT2D eigenvalue weighted by molar-refractivity contribution is -0.193. The first-order valence-corrected chi connectivity index (χ1v) is 10.9. The third-order valence-corrected chi connectivity index (χ3v) is 9.20. The van der Waals surface area contributed by atoms with Gasteiger partial charge in [-0.2, -0.15) is 0 Å². The first-order chi connectivity index (χ1) is 12.7. The van der Waals surface area contributed by atoms with E-state index in [1.807, 2.05) is 0 Å². The van der Waals surface area contributed by atoms with Gasteiger partial charge in [0.2, 0.25) is 0 Å². The van der Waals surface area contributed by atoms with Crippen molar-refractivity contribution in [2.75, 3.05) is 0 Å². The number of carbonyl (C=O) groups excluding carboxylic acids is 3. The minimum absolute atomic E-state index is 0.0548. The van der Waals surface area contributed by atoms with Crippen LogP contribution in [-0.2, 0) is 19.1 Å². The van der Waals surface area contributed by atoms with Crippen LogP contribution in [0.15, 0.2) is 0 Å². The molecule has 0 aromatic heterocycles. The van der Waals surface area contributed by atoms with Gasteiger partial charge in [0.05, 0.1) is 0 Å². The number of fused-ring (bicyclic) bond motifs is 5. The quantitative estimate of drug-likeness (QED) is 0.675. The van der Waals surface area contributed by atoms with Crippen molar-refractivity contribution in [3.05, 3.63) is 0 Å². The molecule has 0 N–H and O–H groups in total. The van der Waals surface area contributed by atoms with Crippen molar-refractivity contribution in [1.29, 1.82) is 0 Å². The molecular weight excluding hydrogens is 340 g/mol. The summed E-state index contributed by atoms with van der Waals surface area (Å²) in [5, 5.41) is 0. The molecule has 8 atom stereocenters. The summed E-state index contributed by atoms with van der Waals surface area (Å²) in [4.78, 5) is 36.5. The molecule has 0 radical (unpaired) electrons. The maximum atomic E-state index is 12.4. The van der Waals surface area contributed by atoms with Gasteiger partial charge in [0.15, 0.2) is 0 Å². The molecular formula is C23H34O4. The van der Waals surface area contributed by atoms with Gasteiger partial charge in [-0.1, -0.05) is 13.8 Å². The highest BCUT2D eigenvalue weighted by atomic mass is 16.5. The summed E-state index contributed by atoms with van der Waals surface area (Å²) >= 11 is 0. The van der Waals surface area contributed by atoms with E-state index in [1.54, 1.807) is 6.92 Å². The lowest BCUT2D eigenvalue weighted by atomic mass is 9.44. The zero-order valence-electron chi connectivity index (χ0n) is 17.3. The van der Waals surface area contributed by atoms with Gasteiger partial charge in [-0.3, -0.25) is 14.4 Å². The standard InChI is InChI=1S/C23H34O4/c1-13(24)18-7-8-19-17-6-5-15-11-16(26)9-10-22(15,3)21(17)20(27-14(2)25)12-23(18,19)4/h15,17-21H,5-12H2,1-4H3/t15-,17-,18-,19+,20-,21+,22-,23+/m0/s1. The summed E-state index contributed by atoms with van der Waals surface area (Å²) in [5.74, 6) is 2.38. The third kappa shape index (κ3) is 2.81. The van der Waals surface area contributed by atoms with Gasteiger partial charge in [0, 0.05) is 31.6 Å². The summed E-state index contributed by atoms with van der Waals surface area (Å²) in [7, 11) is 0. The third-order valence-electron chi connectivity index (χ3n) is 9.20. The van der Waals surface area contributed by atoms with Crippen molar-refractivity contribution in [3.8, 4) is 0 Å². The molecule has 0 saturated heterocycles. The SMILES string of the molecule is CC(=O)O[C@H]1C[C@@]2(C)[C@H](CC[C@H]2C(C)=O)[C@@H]2CC[C@H]3CC(=O)CC[C@]3(C)[C@H]21. The molecule has 0 aromatic rings. The Bertz CT molecular complexity index is 669. The molecule has 4 heteroatoms. The molecule has 0 unspecified atom stereocenters. The predicted octanol–water partition coefficient (Wildman–Crippen LogP) is 4.35. The van der Waals surface area contributed by atoms with E-state index in [1.165, 1.54) is 6.92 Å². The molecule has 0 aliphatic heterocycles. The predicted molar refractivity (Wildman–Crippen MR) is 102 cm³/mol. The van der Waals surface area contributed by atoms with Crippen molar-refractivity contribution in [3.63, 3.8) is 0 Å². The van der Waals surface area contributed by atoms with E-state index in [0.29, 0.717) is 48.1 Å². The van der Waals surface area contributed by atoms with Crippen molar-refractivity contribution < 1.29 is 19.1 Å². The molecule has 4 rings (SSSR count). The van der Waals surface area contributed by atoms with Crippen LogP contribution in [0.1, 0.15) is 79.1 Å². The second-order valence-corrected chi connectivity index (χ2v) is 10.4. The first kappa shape index (κ1) is 19.1. The Morgan fingerprint density at radius 2 is 1.78 bits per heavy atom. The van der Waals surface area contributed by atoms with Crippen LogP contribution in [0, 0.1) is 40.4 Å². The first-order valence-electron chi connectivity index (χ1n) is 10.9. The second kappa shape index (κ2) is 6.42. The number of carbonyl (C=O) groups is 3. The fourth-order valence-electron chi connectivity index (χ4n) is 8.12. The minimum Gasteiger partial charge on any atom is -0.462 e. The highest BCUT2D eigenvalue weighted by molar-refractivity contribution is 5.80. The molecule has 0 bridgehead atoms. The molecule has 0 aromatic carbocycles. The van der Waals surface area contributed by atoms with E-state index >= 15 is 0 Å². The largest absolute Gasteiger partial charge is 0.462 e. The van der Waals surface area contributed by atoms with Gasteiger partial charge in [-0.15, -0.1) is 0 Å². The van der Waals surface area contributed by atoms with E-state index < -0.39 is 0 Å². The smallest absolute Gasteiger partial charge is 0.302 e. The van der Waals surface area contributed by atoms with Crippen molar-refractivity contribution in [1.82, 2.24) is 0 Å². The second-order valence-electron chi connectivity index (χ2n) is 10.4. The van der Waals surface area contributed by atoms with Crippen LogP contribution in [0.5, 0.6) is 0 Å². The molecule has 4 nitrogen and oxygen atoms in total. The van der Waals surface area contributed by atoms with E-state index in [0.717, 1.165) is 38.5 Å². The molecule has 4 aliphatic carbocycles. The van der Waals surface area contributed by atoms with E-state index in [2.05, 4.69) is 13.8 Å². The van der Waals surface area contributed by atoms with Crippen molar-refractivity contribution >= 4 is 17.5 Å². The number of Topliss-reactive ketones (excluding diaryl/α,β-unsaturated/α-hetero) is 2. The van der Waals surface area contributed by atoms with Gasteiger partial charge in [-0.05, 0) is 74.0 Å². The summed E-state index contributed by atoms with van der Waals surface area (Å²) in [6.07, 6.45) is 7.29. The topological polar surface area (TPSA) is 60.4 Å². The van der Waals surface area contributed by atoms with E-state index in [-0.39, 0.29) is 28.8 Å².